The number of anilines is 2. The second kappa shape index (κ2) is 10.5. The van der Waals surface area contributed by atoms with Gasteiger partial charge in [-0.05, 0) is 60.2 Å². The quantitative estimate of drug-likeness (QED) is 0.402. The number of ketones is 1. The highest BCUT2D eigenvalue weighted by Crippen LogP contribution is 2.17. The number of aliphatic hydroxyl groups excluding tert-OH is 1. The smallest absolute Gasteiger partial charge is 0.258 e. The Hall–Kier alpha value is -3.84. The Morgan fingerprint density at radius 2 is 1.69 bits per heavy atom. The summed E-state index contributed by atoms with van der Waals surface area (Å²) >= 11 is 0. The fourth-order valence-electron chi connectivity index (χ4n) is 2.98. The molecule has 7 heteroatoms. The predicted molar refractivity (Wildman–Crippen MR) is 121 cm³/mol. The van der Waals surface area contributed by atoms with Crippen LogP contribution in [0.15, 0.2) is 72.8 Å². The molecule has 0 heterocycles. The van der Waals surface area contributed by atoms with Crippen LogP contribution in [0.1, 0.15) is 26.3 Å². The fourth-order valence-corrected chi connectivity index (χ4v) is 2.98. The van der Waals surface area contributed by atoms with Crippen molar-refractivity contribution in [3.8, 4) is 0 Å². The van der Waals surface area contributed by atoms with Crippen LogP contribution in [0.5, 0.6) is 0 Å². The van der Waals surface area contributed by atoms with Gasteiger partial charge in [0.2, 0.25) is 0 Å². The summed E-state index contributed by atoms with van der Waals surface area (Å²) in [6, 6.07) is 16.4. The molecule has 3 rings (SSSR count). The van der Waals surface area contributed by atoms with E-state index in [0.717, 1.165) is 23.4 Å². The van der Waals surface area contributed by atoms with Crippen LogP contribution in [-0.4, -0.2) is 37.0 Å². The van der Waals surface area contributed by atoms with E-state index in [-0.39, 0.29) is 18.0 Å². The van der Waals surface area contributed by atoms with Crippen LogP contribution in [0.3, 0.4) is 0 Å². The van der Waals surface area contributed by atoms with Crippen LogP contribution < -0.4 is 10.2 Å². The topological polar surface area (TPSA) is 69.6 Å². The minimum atomic E-state index is -0.951. The molecule has 0 atom stereocenters. The molecule has 1 amide bonds. The number of hydrogen-bond acceptors (Lipinski definition) is 4. The molecule has 2 N–H and O–H groups in total. The van der Waals surface area contributed by atoms with Gasteiger partial charge in [-0.1, -0.05) is 18.2 Å². The first-order valence-electron chi connectivity index (χ1n) is 9.88. The van der Waals surface area contributed by atoms with Crippen molar-refractivity contribution in [2.24, 2.45) is 0 Å². The van der Waals surface area contributed by atoms with Crippen LogP contribution in [0.2, 0.25) is 0 Å². The van der Waals surface area contributed by atoms with E-state index in [9.17, 15) is 18.4 Å². The van der Waals surface area contributed by atoms with E-state index in [2.05, 4.69) is 5.32 Å². The van der Waals surface area contributed by atoms with Crippen molar-refractivity contribution in [1.29, 1.82) is 0 Å². The third kappa shape index (κ3) is 5.86. The molecule has 0 aromatic heterocycles. The van der Waals surface area contributed by atoms with Gasteiger partial charge >= 0.3 is 0 Å². The third-order valence-electron chi connectivity index (χ3n) is 4.80. The summed E-state index contributed by atoms with van der Waals surface area (Å²) in [5, 5.41) is 11.5. The molecule has 0 saturated carbocycles. The summed E-state index contributed by atoms with van der Waals surface area (Å²) in [4.78, 5) is 26.5. The zero-order valence-electron chi connectivity index (χ0n) is 17.4. The van der Waals surface area contributed by atoms with Crippen molar-refractivity contribution in [3.63, 3.8) is 0 Å². The zero-order valence-corrected chi connectivity index (χ0v) is 17.4. The summed E-state index contributed by atoms with van der Waals surface area (Å²) in [7, 11) is 1.88. The minimum Gasteiger partial charge on any atom is -0.395 e. The second-order valence-corrected chi connectivity index (χ2v) is 7.09. The predicted octanol–water partition coefficient (Wildman–Crippen LogP) is 4.54. The van der Waals surface area contributed by atoms with Crippen LogP contribution in [-0.2, 0) is 0 Å². The van der Waals surface area contributed by atoms with Gasteiger partial charge < -0.3 is 15.3 Å². The number of rotatable bonds is 8. The molecule has 0 radical (unpaired) electrons. The van der Waals surface area contributed by atoms with E-state index in [1.807, 2.05) is 36.2 Å². The van der Waals surface area contributed by atoms with Crippen LogP contribution in [0.25, 0.3) is 6.08 Å². The Bertz CT molecular complexity index is 1130. The summed E-state index contributed by atoms with van der Waals surface area (Å²) in [5.74, 6) is -2.64. The maximum atomic E-state index is 13.7. The number of carbonyl (C=O) groups excluding carboxylic acids is 2. The lowest BCUT2D eigenvalue weighted by Gasteiger charge is -2.17. The SMILES string of the molecule is CN(CCO)c1ccc(/C=C/C(=O)c2ccc(NC(=O)c3ccc(F)cc3F)cc2)cc1. The highest BCUT2D eigenvalue weighted by molar-refractivity contribution is 6.08. The van der Waals surface area contributed by atoms with E-state index < -0.39 is 17.5 Å². The highest BCUT2D eigenvalue weighted by atomic mass is 19.1. The number of benzene rings is 3. The number of hydrogen-bond donors (Lipinski definition) is 2. The third-order valence-corrected chi connectivity index (χ3v) is 4.80. The van der Waals surface area contributed by atoms with Crippen molar-refractivity contribution < 1.29 is 23.5 Å². The van der Waals surface area contributed by atoms with E-state index in [1.54, 1.807) is 18.2 Å². The number of allylic oxidation sites excluding steroid dienone is 1. The Kier molecular flexibility index (Phi) is 7.46. The average molecular weight is 436 g/mol. The molecule has 3 aromatic carbocycles. The van der Waals surface area contributed by atoms with Gasteiger partial charge in [0.05, 0.1) is 12.2 Å². The van der Waals surface area contributed by atoms with Crippen LogP contribution in [0.4, 0.5) is 20.2 Å². The molecule has 0 fully saturated rings. The molecular weight excluding hydrogens is 414 g/mol. The number of nitrogens with zero attached hydrogens (tertiary/aromatic N) is 1. The maximum absolute atomic E-state index is 13.7. The van der Waals surface area contributed by atoms with Crippen molar-refractivity contribution in [2.45, 2.75) is 0 Å². The van der Waals surface area contributed by atoms with Crippen LogP contribution >= 0.6 is 0 Å². The molecule has 32 heavy (non-hydrogen) atoms. The molecule has 0 unspecified atom stereocenters. The van der Waals surface area contributed by atoms with Crippen molar-refractivity contribution >= 4 is 29.1 Å². The first-order valence-corrected chi connectivity index (χ1v) is 9.88. The first-order chi connectivity index (χ1) is 15.4. The summed E-state index contributed by atoms with van der Waals surface area (Å²) in [6.07, 6.45) is 3.15. The molecule has 0 saturated heterocycles. The lowest BCUT2D eigenvalue weighted by Crippen LogP contribution is -2.20. The highest BCUT2D eigenvalue weighted by Gasteiger charge is 2.13. The summed E-state index contributed by atoms with van der Waals surface area (Å²) < 4.78 is 26.7. The number of carbonyl (C=O) groups is 2. The van der Waals surface area contributed by atoms with Gasteiger partial charge in [0.1, 0.15) is 11.6 Å². The van der Waals surface area contributed by atoms with Gasteiger partial charge in [-0.3, -0.25) is 9.59 Å². The number of likely N-dealkylation sites (N-methyl/N-ethyl adjacent to an activating group) is 1. The molecule has 0 aliphatic heterocycles. The van der Waals surface area contributed by atoms with E-state index >= 15 is 0 Å². The average Bonchev–Trinajstić information content (AvgIpc) is 2.78. The molecular formula is C25H22F2N2O3. The zero-order chi connectivity index (χ0) is 23.1. The molecule has 3 aromatic rings. The minimum absolute atomic E-state index is 0.0677. The number of aliphatic hydroxyl groups is 1. The van der Waals surface area contributed by atoms with E-state index in [0.29, 0.717) is 23.9 Å². The van der Waals surface area contributed by atoms with E-state index in [4.69, 9.17) is 5.11 Å². The van der Waals surface area contributed by atoms with Crippen molar-refractivity contribution in [1.82, 2.24) is 0 Å². The monoisotopic (exact) mass is 436 g/mol. The summed E-state index contributed by atoms with van der Waals surface area (Å²) in [5.41, 5.74) is 2.34. The fraction of sp³-hybridized carbons (Fsp3) is 0.120. The van der Waals surface area contributed by atoms with Gasteiger partial charge in [-0.2, -0.15) is 0 Å². The van der Waals surface area contributed by atoms with Gasteiger partial charge in [0.25, 0.3) is 5.91 Å². The molecule has 0 aliphatic carbocycles. The lowest BCUT2D eigenvalue weighted by molar-refractivity contribution is 0.102. The lowest BCUT2D eigenvalue weighted by atomic mass is 10.1. The Morgan fingerprint density at radius 3 is 2.31 bits per heavy atom. The number of halogens is 2. The largest absolute Gasteiger partial charge is 0.395 e. The Morgan fingerprint density at radius 1 is 1.00 bits per heavy atom. The molecule has 164 valence electrons. The normalized spacial score (nSPS) is 10.9. The van der Waals surface area contributed by atoms with Gasteiger partial charge in [0.15, 0.2) is 5.78 Å². The molecule has 5 nitrogen and oxygen atoms in total. The Labute approximate surface area is 184 Å². The Balaban J connectivity index is 1.61. The number of nitrogens with one attached hydrogen (secondary N) is 1. The molecule has 0 aliphatic rings. The van der Waals surface area contributed by atoms with Gasteiger partial charge in [0, 0.05) is 36.6 Å². The molecule has 0 bridgehead atoms. The molecule has 0 spiro atoms. The van der Waals surface area contributed by atoms with Crippen LogP contribution in [0, 0.1) is 11.6 Å². The van der Waals surface area contributed by atoms with Gasteiger partial charge in [-0.15, -0.1) is 0 Å². The van der Waals surface area contributed by atoms with E-state index in [1.165, 1.54) is 18.2 Å². The summed E-state index contributed by atoms with van der Waals surface area (Å²) in [6.45, 7) is 0.598. The first kappa shape index (κ1) is 22.8. The van der Waals surface area contributed by atoms with Gasteiger partial charge in [-0.25, -0.2) is 8.78 Å². The standard InChI is InChI=1S/C25H22F2N2O3/c1-29(14-15-30)21-10-2-17(3-11-21)4-13-24(31)18-5-8-20(9-6-18)28-25(32)22-12-7-19(26)16-23(22)27/h2-13,16,30H,14-15H2,1H3,(H,28,32)/b13-4+. The second-order valence-electron chi connectivity index (χ2n) is 7.09. The van der Waals surface area contributed by atoms with Crippen molar-refractivity contribution in [2.75, 3.05) is 30.4 Å². The van der Waals surface area contributed by atoms with Crippen molar-refractivity contribution in [3.05, 3.63) is 101 Å². The maximum Gasteiger partial charge on any atom is 0.258 e. The number of amides is 1.